The van der Waals surface area contributed by atoms with Gasteiger partial charge in [0.25, 0.3) is 23.6 Å². The molecule has 124 heavy (non-hydrogen) atoms. The van der Waals surface area contributed by atoms with Gasteiger partial charge in [0, 0.05) is 96.4 Å². The first-order chi connectivity index (χ1) is 60.0. The molecule has 0 saturated carbocycles. The van der Waals surface area contributed by atoms with Crippen molar-refractivity contribution in [3.05, 3.63) is 209 Å². The maximum absolute atomic E-state index is 14.5. The Labute approximate surface area is 721 Å². The van der Waals surface area contributed by atoms with Crippen LogP contribution in [0.15, 0.2) is 153 Å². The summed E-state index contributed by atoms with van der Waals surface area (Å²) in [5, 5.41) is 59.9. The van der Waals surface area contributed by atoms with E-state index in [1.807, 2.05) is 29.8 Å². The summed E-state index contributed by atoms with van der Waals surface area (Å²) in [6, 6.07) is 30.0. The normalized spacial score (nSPS) is 18.3. The third-order valence-electron chi connectivity index (χ3n) is 20.7. The summed E-state index contributed by atoms with van der Waals surface area (Å²) in [5.41, 5.74) is 5.82. The van der Waals surface area contributed by atoms with Gasteiger partial charge in [-0.15, -0.1) is 36.2 Å². The number of Topliss-reactive ketones (excluding diaryl/α,β-unsaturated/α-hetero) is 1. The predicted octanol–water partition coefficient (Wildman–Crippen LogP) is 6.82. The van der Waals surface area contributed by atoms with Gasteiger partial charge in [-0.05, 0) is 125 Å². The molecule has 8 heterocycles. The Hall–Kier alpha value is -11.2. The second-order valence-corrected chi connectivity index (χ2v) is 34.5. The van der Waals surface area contributed by atoms with Crippen LogP contribution in [0.3, 0.4) is 0 Å². The lowest BCUT2D eigenvalue weighted by molar-refractivity contribution is -0.277. The molecule has 4 amide bonds. The number of carbonyl (C=O) groups excluding carboxylic acids is 5. The van der Waals surface area contributed by atoms with Gasteiger partial charge in [0.15, 0.2) is 50.1 Å². The van der Waals surface area contributed by atoms with Gasteiger partial charge in [0.1, 0.15) is 49.1 Å². The number of aliphatic imine (C=N–C) groups is 2. The van der Waals surface area contributed by atoms with Crippen molar-refractivity contribution < 1.29 is 122 Å². The van der Waals surface area contributed by atoms with Gasteiger partial charge in [-0.25, -0.2) is 13.1 Å². The van der Waals surface area contributed by atoms with E-state index in [4.69, 9.17) is 70.5 Å². The molecule has 7 atom stereocenters. The van der Waals surface area contributed by atoms with E-state index in [9.17, 15) is 61.2 Å². The molecule has 39 heteroatoms. The zero-order chi connectivity index (χ0) is 87.0. The number of ether oxygens (including phenoxy) is 11. The molecular formula is C85H91N9O26S4. The number of aliphatic hydroxyl groups excluding tert-OH is 4. The van der Waals surface area contributed by atoms with Gasteiger partial charge >= 0.3 is 10.4 Å². The number of hydrogen-bond acceptors (Lipinski definition) is 32. The van der Waals surface area contributed by atoms with E-state index >= 15 is 0 Å². The van der Waals surface area contributed by atoms with Crippen LogP contribution in [-0.2, 0) is 101 Å². The van der Waals surface area contributed by atoms with Crippen LogP contribution in [0.2, 0.25) is 0 Å². The van der Waals surface area contributed by atoms with Crippen molar-refractivity contribution in [3.8, 4) is 40.2 Å². The van der Waals surface area contributed by atoms with Crippen molar-refractivity contribution in [1.29, 1.82) is 0 Å². The standard InChI is InChI=1S/C85H91N9O26S4/c1-51-7-10-63(11-8-51)123(104,105)30-15-68(96)54-5-4-6-55(34-54)81(100)86-16-20-111-26-27-114-50-59-46-92(91-90-59)18-21-112-23-25-113-24-22-110-19-17-87-82(101)56-9-12-69(117-85-80(99)79(98)78(97)75(47-95)118-85)74(35-56)120-124(106,107)119-62-32-52(48-115-72-40-66-64(38-70(72)108-2)83(102)93-44-57-13-28-121-76(57)36-60(93)42-88-66)31-53(33-62)49-116-73-41-67-65(39-71(73)109-3)84(103)94-45-58-14-29-122-77(58)37-61(94)43-89-67/h4-14,28-29,31-35,38-43,46,60-61,75,78-80,85,95,97-99H,15-27,30,36-37,44-45,47-50H2,1-3H3,(H,86,100)(H,87,101)/t60-,61?,75+,78-,79-,80+,85?/m0/s1. The van der Waals surface area contributed by atoms with E-state index in [1.165, 1.54) is 60.4 Å². The fourth-order valence-electron chi connectivity index (χ4n) is 14.1. The SMILES string of the molecule is COc1cc2c(cc1OCc1cc(COc3cc4c(cc3OC)C(=O)N3Cc5ccsc5C[C@H]3C=N4)cc(OS(=O)(=O)Oc3cc(C(=O)NCCOCCOCCOCCn4cc(COCCOCCNC(=O)c5cccc(C(=O)CCS(=O)(=O)c6ccc(C)cc6)c5)nn4)ccc3OC3O[C@H](CO)[C@H](O)[C@H](O)[C@H]3O)c1)N=CC1Cc3sccc3CN1C2=O. The van der Waals surface area contributed by atoms with E-state index in [1.54, 1.807) is 116 Å². The van der Waals surface area contributed by atoms with E-state index in [2.05, 4.69) is 20.9 Å². The van der Waals surface area contributed by atoms with Crippen molar-refractivity contribution in [3.63, 3.8) is 0 Å². The number of aromatic nitrogens is 3. The lowest BCUT2D eigenvalue weighted by Gasteiger charge is -2.39. The van der Waals surface area contributed by atoms with Gasteiger partial charge in [-0.1, -0.05) is 35.0 Å². The van der Waals surface area contributed by atoms with Crippen molar-refractivity contribution >= 4 is 96.1 Å². The average molecular weight is 1780 g/mol. The summed E-state index contributed by atoms with van der Waals surface area (Å²) < 4.78 is 132. The van der Waals surface area contributed by atoms with E-state index in [0.717, 1.165) is 28.8 Å². The molecule has 1 fully saturated rings. The molecule has 0 spiro atoms. The van der Waals surface area contributed by atoms with Gasteiger partial charge in [0.2, 0.25) is 6.29 Å². The Morgan fingerprint density at radius 3 is 1.71 bits per heavy atom. The van der Waals surface area contributed by atoms with Gasteiger partial charge in [0.05, 0.1) is 145 Å². The minimum atomic E-state index is -5.32. The minimum Gasteiger partial charge on any atom is -0.493 e. The van der Waals surface area contributed by atoms with Crippen molar-refractivity contribution in [2.75, 3.05) is 99.1 Å². The number of thiophene rings is 2. The Morgan fingerprint density at radius 2 is 1.13 bits per heavy atom. The monoisotopic (exact) mass is 1780 g/mol. The molecule has 0 bridgehead atoms. The number of sulfone groups is 1. The molecule has 5 aliphatic rings. The van der Waals surface area contributed by atoms with Gasteiger partial charge in [-0.3, -0.25) is 34.0 Å². The number of ketones is 1. The number of hydrogen-bond donors (Lipinski definition) is 6. The van der Waals surface area contributed by atoms with Crippen molar-refractivity contribution in [1.82, 2.24) is 35.4 Å². The topological polar surface area (TPSA) is 441 Å². The second-order valence-electron chi connectivity index (χ2n) is 29.2. The Kier molecular flexibility index (Phi) is 29.6. The molecular weight excluding hydrogens is 1690 g/mol. The van der Waals surface area contributed by atoms with Crippen LogP contribution in [-0.4, -0.2) is 246 Å². The van der Waals surface area contributed by atoms with Crippen LogP contribution in [0.5, 0.6) is 40.2 Å². The number of methoxy groups -OCH3 is 2. The highest BCUT2D eigenvalue weighted by molar-refractivity contribution is 7.91. The number of rotatable bonds is 42. The summed E-state index contributed by atoms with van der Waals surface area (Å²) in [5.74, 6) is -3.13. The molecule has 1 saturated heterocycles. The van der Waals surface area contributed by atoms with Crippen LogP contribution in [0.1, 0.15) is 101 Å². The molecule has 0 radical (unpaired) electrons. The third-order valence-corrected chi connectivity index (χ3v) is 25.2. The number of aliphatic hydroxyl groups is 4. The Morgan fingerprint density at radius 1 is 0.573 bits per heavy atom. The van der Waals surface area contributed by atoms with E-state index < -0.39 is 86.6 Å². The van der Waals surface area contributed by atoms with Crippen molar-refractivity contribution in [2.24, 2.45) is 9.98 Å². The summed E-state index contributed by atoms with van der Waals surface area (Å²) in [7, 11) is -6.14. The molecule has 35 nitrogen and oxygen atoms in total. The summed E-state index contributed by atoms with van der Waals surface area (Å²) >= 11 is 3.26. The first-order valence-corrected chi connectivity index (χ1v) is 44.4. The Balaban J connectivity index is 0.551. The number of aryl methyl sites for hydroxylation is 1. The van der Waals surface area contributed by atoms with Crippen LogP contribution in [0, 0.1) is 6.92 Å². The van der Waals surface area contributed by atoms with Crippen LogP contribution in [0.4, 0.5) is 11.4 Å². The summed E-state index contributed by atoms with van der Waals surface area (Å²) in [6.45, 7) is 3.84. The molecule has 5 aliphatic heterocycles. The van der Waals surface area contributed by atoms with Gasteiger partial charge < -0.3 is 101 Å². The highest BCUT2D eigenvalue weighted by Crippen LogP contribution is 2.43. The number of nitrogens with one attached hydrogen (secondary N) is 2. The molecule has 6 N–H and O–H groups in total. The fraction of sp³-hybridized carbons (Fsp3) is 0.376. The number of fused-ring (bicyclic) bond motifs is 6. The highest BCUT2D eigenvalue weighted by Gasteiger charge is 2.46. The molecule has 3 aromatic heterocycles. The quantitative estimate of drug-likeness (QED) is 0.0169. The number of carbonyl (C=O) groups is 5. The first kappa shape index (κ1) is 89.1. The van der Waals surface area contributed by atoms with E-state index in [-0.39, 0.29) is 172 Å². The molecule has 9 aromatic rings. The van der Waals surface area contributed by atoms with Crippen LogP contribution >= 0.6 is 22.7 Å². The molecule has 6 aromatic carbocycles. The minimum absolute atomic E-state index is 0.0214. The number of nitrogens with zero attached hydrogens (tertiary/aromatic N) is 7. The summed E-state index contributed by atoms with van der Waals surface area (Å²) in [6.07, 6.45) is -2.75. The first-order valence-electron chi connectivity index (χ1n) is 39.6. The predicted molar refractivity (Wildman–Crippen MR) is 448 cm³/mol. The average Bonchev–Trinajstić information content (AvgIpc) is 1.59. The maximum atomic E-state index is 14.5. The Bertz CT molecular complexity index is 5470. The zero-order valence-corrected chi connectivity index (χ0v) is 70.8. The molecule has 2 unspecified atom stereocenters. The maximum Gasteiger partial charge on any atom is 0.501 e. The number of benzene rings is 6. The fourth-order valence-corrected chi connectivity index (χ4v) is 17.9. The van der Waals surface area contributed by atoms with Gasteiger partial charge in [-0.2, -0.15) is 0 Å². The summed E-state index contributed by atoms with van der Waals surface area (Å²) in [4.78, 5) is 83.5. The zero-order valence-electron chi connectivity index (χ0n) is 67.6. The van der Waals surface area contributed by atoms with Crippen molar-refractivity contribution in [2.45, 2.75) is 113 Å². The number of amides is 4. The molecule has 0 aliphatic carbocycles. The highest BCUT2D eigenvalue weighted by atomic mass is 32.3. The molecule has 656 valence electrons. The largest absolute Gasteiger partial charge is 0.501 e. The lowest BCUT2D eigenvalue weighted by Crippen LogP contribution is -2.60. The third kappa shape index (κ3) is 22.3. The van der Waals surface area contributed by atoms with E-state index in [0.29, 0.717) is 78.4 Å². The lowest BCUT2D eigenvalue weighted by atomic mass is 9.99. The van der Waals surface area contributed by atoms with Crippen LogP contribution < -0.4 is 42.7 Å². The smallest absolute Gasteiger partial charge is 0.493 e. The molecule has 14 rings (SSSR count). The second kappa shape index (κ2) is 41.1. The van der Waals surface area contributed by atoms with Crippen LogP contribution in [0.25, 0.3) is 0 Å².